The first kappa shape index (κ1) is 12.6. The van der Waals surface area contributed by atoms with Crippen molar-refractivity contribution >= 4 is 17.6 Å². The van der Waals surface area contributed by atoms with Crippen LogP contribution in [0.15, 0.2) is 11.2 Å². The lowest BCUT2D eigenvalue weighted by Gasteiger charge is -2.31. The Morgan fingerprint density at radius 3 is 2.94 bits per heavy atom. The van der Waals surface area contributed by atoms with Crippen LogP contribution in [0.4, 0.5) is 5.82 Å². The second-order valence-corrected chi connectivity index (χ2v) is 5.48. The second kappa shape index (κ2) is 5.20. The molecule has 1 unspecified atom stereocenters. The van der Waals surface area contributed by atoms with Crippen LogP contribution < -0.4 is 5.32 Å². The summed E-state index contributed by atoms with van der Waals surface area (Å²) in [5.74, 6) is 2.28. The Labute approximate surface area is 104 Å². The van der Waals surface area contributed by atoms with Gasteiger partial charge in [-0.2, -0.15) is 0 Å². The van der Waals surface area contributed by atoms with Crippen LogP contribution in [0.25, 0.3) is 0 Å². The molecule has 0 spiro atoms. The molecule has 1 aliphatic carbocycles. The summed E-state index contributed by atoms with van der Waals surface area (Å²) < 4.78 is 0. The van der Waals surface area contributed by atoms with Crippen molar-refractivity contribution in [2.24, 2.45) is 5.92 Å². The summed E-state index contributed by atoms with van der Waals surface area (Å²) >= 11 is 1.78. The number of nitrogens with one attached hydrogen (secondary N) is 1. The highest BCUT2D eigenvalue weighted by atomic mass is 32.2. The lowest BCUT2D eigenvalue weighted by Crippen LogP contribution is -2.33. The van der Waals surface area contributed by atoms with E-state index in [4.69, 9.17) is 0 Å². The number of nitrogens with zero attached hydrogens (tertiary/aromatic N) is 2. The first-order chi connectivity index (χ1) is 7.84. The van der Waals surface area contributed by atoms with Gasteiger partial charge in [0.15, 0.2) is 0 Å². The Hall–Kier alpha value is -0.850. The fourth-order valence-electron chi connectivity index (χ4n) is 2.11. The SMILES string of the molecule is OC(Nc1ncnc2c1SCC2)C1CCC1.[O]. The summed E-state index contributed by atoms with van der Waals surface area (Å²) in [6, 6.07) is 0. The van der Waals surface area contributed by atoms with Crippen molar-refractivity contribution in [2.45, 2.75) is 36.8 Å². The molecule has 2 N–H and O–H groups in total. The van der Waals surface area contributed by atoms with Crippen LogP contribution in [0.2, 0.25) is 0 Å². The van der Waals surface area contributed by atoms with E-state index in [9.17, 15) is 5.11 Å². The standard InChI is InChI=1S/C11H15N3OS.O/c15-11(7-2-1-3-7)14-10-9-8(4-5-16-9)12-6-13-10;/h6-7,11,15H,1-5H2,(H,12,13,14);. The molecule has 3 rings (SSSR count). The minimum atomic E-state index is -0.450. The summed E-state index contributed by atoms with van der Waals surface area (Å²) in [5, 5.41) is 13.1. The number of rotatable bonds is 3. The molecule has 2 aliphatic rings. The van der Waals surface area contributed by atoms with Gasteiger partial charge in [0.2, 0.25) is 0 Å². The van der Waals surface area contributed by atoms with E-state index in [2.05, 4.69) is 15.3 Å². The zero-order valence-electron chi connectivity index (χ0n) is 9.43. The topological polar surface area (TPSA) is 86.5 Å². The number of fused-ring (bicyclic) bond motifs is 1. The van der Waals surface area contributed by atoms with Gasteiger partial charge in [0, 0.05) is 23.6 Å². The highest BCUT2D eigenvalue weighted by molar-refractivity contribution is 7.99. The van der Waals surface area contributed by atoms with Gasteiger partial charge in [-0.15, -0.1) is 11.8 Å². The van der Waals surface area contributed by atoms with E-state index in [1.54, 1.807) is 18.1 Å². The summed E-state index contributed by atoms with van der Waals surface area (Å²) in [4.78, 5) is 9.61. The van der Waals surface area contributed by atoms with Gasteiger partial charge in [-0.05, 0) is 12.8 Å². The maximum atomic E-state index is 9.97. The molecule has 17 heavy (non-hydrogen) atoms. The number of anilines is 1. The Morgan fingerprint density at radius 2 is 2.24 bits per heavy atom. The van der Waals surface area contributed by atoms with E-state index >= 15 is 0 Å². The third-order valence-electron chi connectivity index (χ3n) is 3.34. The molecule has 1 fully saturated rings. The van der Waals surface area contributed by atoms with Crippen molar-refractivity contribution < 1.29 is 10.6 Å². The largest absolute Gasteiger partial charge is 0.373 e. The van der Waals surface area contributed by atoms with Crippen molar-refractivity contribution in [3.63, 3.8) is 0 Å². The summed E-state index contributed by atoms with van der Waals surface area (Å²) in [5.41, 5.74) is 1.11. The summed E-state index contributed by atoms with van der Waals surface area (Å²) in [6.45, 7) is 0. The van der Waals surface area contributed by atoms with Crippen LogP contribution in [-0.2, 0) is 11.9 Å². The normalized spacial score (nSPS) is 20.1. The molecule has 1 saturated carbocycles. The Bertz CT molecular complexity index is 398. The van der Waals surface area contributed by atoms with Crippen molar-refractivity contribution in [3.05, 3.63) is 12.0 Å². The molecule has 1 atom stereocenters. The Kier molecular flexibility index (Phi) is 3.86. The molecule has 0 saturated heterocycles. The van der Waals surface area contributed by atoms with Gasteiger partial charge in [0.1, 0.15) is 18.4 Å². The monoisotopic (exact) mass is 253 g/mol. The minimum Gasteiger partial charge on any atom is -0.373 e. The van der Waals surface area contributed by atoms with E-state index in [-0.39, 0.29) is 5.48 Å². The quantitative estimate of drug-likeness (QED) is 0.798. The van der Waals surface area contributed by atoms with Gasteiger partial charge >= 0.3 is 0 Å². The number of aliphatic hydroxyl groups excluding tert-OH is 1. The third-order valence-corrected chi connectivity index (χ3v) is 4.47. The maximum Gasteiger partial charge on any atom is 0.145 e. The third kappa shape index (κ3) is 2.38. The highest BCUT2D eigenvalue weighted by Gasteiger charge is 2.27. The first-order valence-electron chi connectivity index (χ1n) is 5.76. The van der Waals surface area contributed by atoms with Gasteiger partial charge in [0.05, 0.1) is 10.6 Å². The number of hydrogen-bond donors (Lipinski definition) is 2. The van der Waals surface area contributed by atoms with Gasteiger partial charge in [-0.3, -0.25) is 0 Å². The van der Waals surface area contributed by atoms with Gasteiger partial charge in [0.25, 0.3) is 0 Å². The van der Waals surface area contributed by atoms with Crippen molar-refractivity contribution in [1.82, 2.24) is 9.97 Å². The fourth-order valence-corrected chi connectivity index (χ4v) is 3.18. The number of hydrogen-bond acceptors (Lipinski definition) is 5. The number of aliphatic hydroxyl groups is 1. The van der Waals surface area contributed by atoms with Crippen molar-refractivity contribution in [3.8, 4) is 0 Å². The molecule has 0 bridgehead atoms. The predicted molar refractivity (Wildman–Crippen MR) is 64.1 cm³/mol. The summed E-state index contributed by atoms with van der Waals surface area (Å²) in [6.07, 6.45) is 5.62. The number of thioether (sulfide) groups is 1. The first-order valence-corrected chi connectivity index (χ1v) is 6.74. The molecule has 1 aromatic heterocycles. The Morgan fingerprint density at radius 1 is 1.41 bits per heavy atom. The molecule has 0 aromatic carbocycles. The minimum absolute atomic E-state index is 0. The van der Waals surface area contributed by atoms with Gasteiger partial charge < -0.3 is 10.4 Å². The van der Waals surface area contributed by atoms with Crippen LogP contribution in [0.5, 0.6) is 0 Å². The predicted octanol–water partition coefficient (Wildman–Crippen LogP) is 1.54. The molecule has 92 valence electrons. The maximum absolute atomic E-state index is 9.97. The molecule has 6 heteroatoms. The highest BCUT2D eigenvalue weighted by Crippen LogP contribution is 2.36. The lowest BCUT2D eigenvalue weighted by molar-refractivity contribution is 0.0845. The molecule has 2 radical (unpaired) electrons. The smallest absolute Gasteiger partial charge is 0.145 e. The molecule has 1 aliphatic heterocycles. The Balaban J connectivity index is 0.00000108. The van der Waals surface area contributed by atoms with Gasteiger partial charge in [-0.25, -0.2) is 9.97 Å². The second-order valence-electron chi connectivity index (χ2n) is 4.38. The molecule has 2 heterocycles. The summed E-state index contributed by atoms with van der Waals surface area (Å²) in [7, 11) is 0. The van der Waals surface area contributed by atoms with Crippen LogP contribution in [0.3, 0.4) is 0 Å². The fraction of sp³-hybridized carbons (Fsp3) is 0.636. The zero-order valence-corrected chi connectivity index (χ0v) is 10.2. The van der Waals surface area contributed by atoms with E-state index in [1.165, 1.54) is 6.42 Å². The number of aromatic nitrogens is 2. The van der Waals surface area contributed by atoms with Crippen molar-refractivity contribution in [1.29, 1.82) is 0 Å². The molecule has 1 aromatic rings. The van der Waals surface area contributed by atoms with E-state index < -0.39 is 6.23 Å². The molecular weight excluding hydrogens is 238 g/mol. The molecule has 0 amide bonds. The van der Waals surface area contributed by atoms with E-state index in [1.807, 2.05) is 0 Å². The van der Waals surface area contributed by atoms with E-state index in [0.29, 0.717) is 5.92 Å². The number of aryl methyl sites for hydroxylation is 1. The van der Waals surface area contributed by atoms with Crippen LogP contribution in [0.1, 0.15) is 25.0 Å². The van der Waals surface area contributed by atoms with Crippen LogP contribution in [0, 0.1) is 5.92 Å². The molecule has 5 nitrogen and oxygen atoms in total. The van der Waals surface area contributed by atoms with Gasteiger partial charge in [-0.1, -0.05) is 6.42 Å². The average molecular weight is 253 g/mol. The average Bonchev–Trinajstić information content (AvgIpc) is 2.63. The lowest BCUT2D eigenvalue weighted by atomic mass is 9.84. The zero-order chi connectivity index (χ0) is 11.0. The molecular formula is C11H15N3O2S. The van der Waals surface area contributed by atoms with Crippen LogP contribution in [-0.4, -0.2) is 27.1 Å². The van der Waals surface area contributed by atoms with E-state index in [0.717, 1.165) is 41.4 Å². The van der Waals surface area contributed by atoms with Crippen LogP contribution >= 0.6 is 11.8 Å². The van der Waals surface area contributed by atoms with Crippen molar-refractivity contribution in [2.75, 3.05) is 11.1 Å².